The van der Waals surface area contributed by atoms with Gasteiger partial charge in [0.25, 0.3) is 0 Å². The van der Waals surface area contributed by atoms with Crippen LogP contribution in [-0.4, -0.2) is 11.8 Å². The fourth-order valence-electron chi connectivity index (χ4n) is 3.75. The molecule has 1 saturated heterocycles. The van der Waals surface area contributed by atoms with E-state index in [-0.39, 0.29) is 12.0 Å². The molecule has 28 heavy (non-hydrogen) atoms. The van der Waals surface area contributed by atoms with Gasteiger partial charge < -0.3 is 4.74 Å². The molecule has 0 radical (unpaired) electrons. The average molecular weight is 378 g/mol. The van der Waals surface area contributed by atoms with E-state index >= 15 is 0 Å². The number of esters is 1. The van der Waals surface area contributed by atoms with Crippen LogP contribution in [0.25, 0.3) is 0 Å². The van der Waals surface area contributed by atoms with Gasteiger partial charge in [-0.3, -0.25) is 9.59 Å². The quantitative estimate of drug-likeness (QED) is 0.485. The molecule has 0 saturated carbocycles. The Balaban J connectivity index is 1.92. The van der Waals surface area contributed by atoms with Crippen LogP contribution in [0, 0.1) is 11.6 Å². The summed E-state index contributed by atoms with van der Waals surface area (Å²) in [5.41, 5.74) is -0.304. The number of hydrogen-bond donors (Lipinski definition) is 0. The van der Waals surface area contributed by atoms with E-state index in [4.69, 9.17) is 4.74 Å². The maximum atomic E-state index is 13.6. The zero-order chi connectivity index (χ0) is 19.7. The van der Waals surface area contributed by atoms with Crippen molar-refractivity contribution in [1.29, 1.82) is 0 Å². The van der Waals surface area contributed by atoms with Crippen molar-refractivity contribution in [2.24, 2.45) is 0 Å². The van der Waals surface area contributed by atoms with Crippen LogP contribution in [0.2, 0.25) is 0 Å². The fourth-order valence-corrected chi connectivity index (χ4v) is 3.75. The molecule has 5 heteroatoms. The first kappa shape index (κ1) is 18.0. The Labute approximate surface area is 160 Å². The van der Waals surface area contributed by atoms with E-state index < -0.39 is 34.9 Å². The van der Waals surface area contributed by atoms with Gasteiger partial charge in [0.15, 0.2) is 0 Å². The number of carbonyl (C=O) groups is 2. The van der Waals surface area contributed by atoms with Gasteiger partial charge in [-0.25, -0.2) is 8.78 Å². The Kier molecular flexibility index (Phi) is 4.51. The molecule has 0 aliphatic carbocycles. The van der Waals surface area contributed by atoms with Crippen LogP contribution in [0.5, 0.6) is 0 Å². The number of rotatable bonds is 4. The Morgan fingerprint density at radius 1 is 0.857 bits per heavy atom. The minimum absolute atomic E-state index is 0.00826. The molecule has 140 valence electrons. The van der Waals surface area contributed by atoms with Crippen molar-refractivity contribution in [1.82, 2.24) is 0 Å². The highest BCUT2D eigenvalue weighted by atomic mass is 19.1. The van der Waals surface area contributed by atoms with Crippen LogP contribution < -0.4 is 0 Å². The standard InChI is InChI=1S/C23H16F2O3/c24-18-10-6-16(7-11-18)22(27)23(17-8-12-19(25)13-9-17)20(14-21(26)28-23)15-4-2-1-3-5-15/h1-13,20H,14H2/t20-,23+/m0/s1. The predicted octanol–water partition coefficient (Wildman–Crippen LogP) is 4.77. The van der Waals surface area contributed by atoms with Crippen LogP contribution in [0.4, 0.5) is 8.78 Å². The highest BCUT2D eigenvalue weighted by Gasteiger charge is 2.56. The molecule has 3 aromatic carbocycles. The molecule has 1 fully saturated rings. The molecule has 1 aliphatic rings. The van der Waals surface area contributed by atoms with Crippen LogP contribution >= 0.6 is 0 Å². The lowest BCUT2D eigenvalue weighted by atomic mass is 9.73. The van der Waals surface area contributed by atoms with Gasteiger partial charge in [0, 0.05) is 17.0 Å². The minimum atomic E-state index is -1.65. The maximum Gasteiger partial charge on any atom is 0.307 e. The van der Waals surface area contributed by atoms with Crippen molar-refractivity contribution in [2.75, 3.05) is 0 Å². The van der Waals surface area contributed by atoms with E-state index in [0.29, 0.717) is 5.56 Å². The number of Topliss-reactive ketones (excluding diaryl/α,β-unsaturated/α-hetero) is 1. The molecule has 0 unspecified atom stereocenters. The van der Waals surface area contributed by atoms with Gasteiger partial charge in [-0.05, 0) is 42.0 Å². The number of cyclic esters (lactones) is 1. The van der Waals surface area contributed by atoms with Crippen molar-refractivity contribution < 1.29 is 23.1 Å². The second-order valence-corrected chi connectivity index (χ2v) is 6.72. The summed E-state index contributed by atoms with van der Waals surface area (Å²) in [6.45, 7) is 0. The second kappa shape index (κ2) is 7.00. The third-order valence-corrected chi connectivity index (χ3v) is 5.06. The van der Waals surface area contributed by atoms with Gasteiger partial charge in [0.1, 0.15) is 11.6 Å². The maximum absolute atomic E-state index is 13.6. The van der Waals surface area contributed by atoms with Gasteiger partial charge in [-0.1, -0.05) is 42.5 Å². The third kappa shape index (κ3) is 2.99. The van der Waals surface area contributed by atoms with E-state index in [1.165, 1.54) is 48.5 Å². The van der Waals surface area contributed by atoms with Crippen LogP contribution in [-0.2, 0) is 15.1 Å². The van der Waals surface area contributed by atoms with E-state index in [0.717, 1.165) is 5.56 Å². The molecule has 4 rings (SSSR count). The number of ether oxygens (including phenoxy) is 1. The normalized spacial score (nSPS) is 21.4. The van der Waals surface area contributed by atoms with Gasteiger partial charge in [-0.15, -0.1) is 0 Å². The summed E-state index contributed by atoms with van der Waals surface area (Å²) in [5, 5.41) is 0. The van der Waals surface area contributed by atoms with Gasteiger partial charge in [0.2, 0.25) is 11.4 Å². The molecule has 3 nitrogen and oxygen atoms in total. The summed E-state index contributed by atoms with van der Waals surface area (Å²) in [5.74, 6) is -2.53. The molecular formula is C23H16F2O3. The zero-order valence-electron chi connectivity index (χ0n) is 14.8. The predicted molar refractivity (Wildman–Crippen MR) is 98.7 cm³/mol. The van der Waals surface area contributed by atoms with Crippen LogP contribution in [0.3, 0.4) is 0 Å². The average Bonchev–Trinajstić information content (AvgIpc) is 3.07. The monoisotopic (exact) mass is 378 g/mol. The molecule has 1 aliphatic heterocycles. The molecule has 0 aromatic heterocycles. The lowest BCUT2D eigenvalue weighted by molar-refractivity contribution is -0.146. The van der Waals surface area contributed by atoms with Crippen molar-refractivity contribution in [3.8, 4) is 0 Å². The fraction of sp³-hybridized carbons (Fsp3) is 0.130. The summed E-state index contributed by atoms with van der Waals surface area (Å²) >= 11 is 0. The van der Waals surface area contributed by atoms with Crippen molar-refractivity contribution in [2.45, 2.75) is 17.9 Å². The van der Waals surface area contributed by atoms with E-state index in [1.54, 1.807) is 0 Å². The van der Waals surface area contributed by atoms with Crippen LogP contribution in [0.15, 0.2) is 78.9 Å². The molecule has 1 heterocycles. The largest absolute Gasteiger partial charge is 0.445 e. The summed E-state index contributed by atoms with van der Waals surface area (Å²) in [6, 6.07) is 19.5. The smallest absolute Gasteiger partial charge is 0.307 e. The molecule has 0 spiro atoms. The summed E-state index contributed by atoms with van der Waals surface area (Å²) in [6.07, 6.45) is 0.00826. The SMILES string of the molecule is O=C1C[C@@H](c2ccccc2)[C@@](C(=O)c2ccc(F)cc2)(c2ccc(F)cc2)O1. The van der Waals surface area contributed by atoms with E-state index in [1.807, 2.05) is 30.3 Å². The number of ketones is 1. The highest BCUT2D eigenvalue weighted by Crippen LogP contribution is 2.49. The second-order valence-electron chi connectivity index (χ2n) is 6.72. The molecular weight excluding hydrogens is 362 g/mol. The Morgan fingerprint density at radius 2 is 1.43 bits per heavy atom. The first-order valence-corrected chi connectivity index (χ1v) is 8.84. The molecule has 0 N–H and O–H groups in total. The van der Waals surface area contributed by atoms with Gasteiger partial charge in [0.05, 0.1) is 6.42 Å². The summed E-state index contributed by atoms with van der Waals surface area (Å²) in [4.78, 5) is 26.0. The van der Waals surface area contributed by atoms with Gasteiger partial charge >= 0.3 is 5.97 Å². The summed E-state index contributed by atoms with van der Waals surface area (Å²) in [7, 11) is 0. The number of halogens is 2. The van der Waals surface area contributed by atoms with Crippen molar-refractivity contribution in [3.05, 3.63) is 107 Å². The Hall–Kier alpha value is -3.34. The lowest BCUT2D eigenvalue weighted by Crippen LogP contribution is -2.40. The lowest BCUT2D eigenvalue weighted by Gasteiger charge is -2.33. The van der Waals surface area contributed by atoms with Crippen molar-refractivity contribution in [3.63, 3.8) is 0 Å². The molecule has 2 atom stereocenters. The van der Waals surface area contributed by atoms with E-state index in [9.17, 15) is 18.4 Å². The molecule has 0 amide bonds. The van der Waals surface area contributed by atoms with E-state index in [2.05, 4.69) is 0 Å². The molecule has 3 aromatic rings. The Morgan fingerprint density at radius 3 is 2.04 bits per heavy atom. The number of hydrogen-bond acceptors (Lipinski definition) is 3. The van der Waals surface area contributed by atoms with Gasteiger partial charge in [-0.2, -0.15) is 0 Å². The third-order valence-electron chi connectivity index (χ3n) is 5.06. The number of benzene rings is 3. The van der Waals surface area contributed by atoms with Crippen molar-refractivity contribution >= 4 is 11.8 Å². The number of carbonyl (C=O) groups excluding carboxylic acids is 2. The summed E-state index contributed by atoms with van der Waals surface area (Å²) < 4.78 is 32.6. The highest BCUT2D eigenvalue weighted by molar-refractivity contribution is 6.06. The Bertz CT molecular complexity index is 1010. The topological polar surface area (TPSA) is 43.4 Å². The first-order valence-electron chi connectivity index (χ1n) is 8.84. The first-order chi connectivity index (χ1) is 13.5. The zero-order valence-corrected chi connectivity index (χ0v) is 14.8. The minimum Gasteiger partial charge on any atom is -0.445 e. The van der Waals surface area contributed by atoms with Crippen LogP contribution in [0.1, 0.15) is 33.8 Å². The molecule has 0 bridgehead atoms.